The van der Waals surface area contributed by atoms with Crippen molar-refractivity contribution in [3.8, 4) is 17.6 Å². The number of likely N-dealkylation sites (N-methyl/N-ethyl adjacent to an activating group) is 1. The lowest BCUT2D eigenvalue weighted by Crippen LogP contribution is -2.35. The van der Waals surface area contributed by atoms with Crippen LogP contribution in [0.1, 0.15) is 39.2 Å². The van der Waals surface area contributed by atoms with Crippen molar-refractivity contribution in [1.82, 2.24) is 4.90 Å². The van der Waals surface area contributed by atoms with Crippen molar-refractivity contribution in [2.75, 3.05) is 26.3 Å². The Labute approximate surface area is 128 Å². The van der Waals surface area contributed by atoms with E-state index >= 15 is 0 Å². The monoisotopic (exact) mass is 289 g/mol. The first kappa shape index (κ1) is 17.6. The minimum atomic E-state index is 0.103. The molecule has 0 saturated heterocycles. The van der Waals surface area contributed by atoms with E-state index < -0.39 is 0 Å². The van der Waals surface area contributed by atoms with Crippen molar-refractivity contribution in [2.45, 2.75) is 39.7 Å². The van der Waals surface area contributed by atoms with Gasteiger partial charge in [0.1, 0.15) is 12.4 Å². The molecule has 0 bridgehead atoms. The summed E-state index contributed by atoms with van der Waals surface area (Å²) in [6, 6.07) is 8.40. The number of aliphatic hydroxyl groups is 1. The van der Waals surface area contributed by atoms with Crippen molar-refractivity contribution in [3.05, 3.63) is 29.8 Å². The van der Waals surface area contributed by atoms with Gasteiger partial charge >= 0.3 is 0 Å². The highest BCUT2D eigenvalue weighted by atomic mass is 16.5. The minimum absolute atomic E-state index is 0.103. The summed E-state index contributed by atoms with van der Waals surface area (Å²) in [6.45, 7) is 9.42. The van der Waals surface area contributed by atoms with Gasteiger partial charge in [0, 0.05) is 24.6 Å². The first-order valence-corrected chi connectivity index (χ1v) is 7.77. The maximum atomic E-state index is 8.72. The molecule has 0 radical (unpaired) electrons. The average molecular weight is 289 g/mol. The summed E-state index contributed by atoms with van der Waals surface area (Å²) in [6.07, 6.45) is 1.66. The smallest absolute Gasteiger partial charge is 0.120 e. The molecule has 0 aliphatic rings. The van der Waals surface area contributed by atoms with Crippen LogP contribution in [0, 0.1) is 11.8 Å². The van der Waals surface area contributed by atoms with Gasteiger partial charge in [0.25, 0.3) is 0 Å². The van der Waals surface area contributed by atoms with Crippen molar-refractivity contribution >= 4 is 0 Å². The van der Waals surface area contributed by atoms with E-state index in [4.69, 9.17) is 9.84 Å². The summed E-state index contributed by atoms with van der Waals surface area (Å²) in [4.78, 5) is 2.42. The van der Waals surface area contributed by atoms with Crippen molar-refractivity contribution in [1.29, 1.82) is 0 Å². The van der Waals surface area contributed by atoms with Gasteiger partial charge in [0.15, 0.2) is 0 Å². The molecule has 3 heteroatoms. The molecule has 3 nitrogen and oxygen atoms in total. The molecular formula is C18H27NO2. The first-order chi connectivity index (χ1) is 10.2. The molecule has 0 spiro atoms. The molecule has 0 aliphatic heterocycles. The topological polar surface area (TPSA) is 32.7 Å². The number of aliphatic hydroxyl groups excluding tert-OH is 1. The SMILES string of the molecule is CCC(C)N(CC)CCOc1cccc(C#CCCO)c1. The van der Waals surface area contributed by atoms with Gasteiger partial charge < -0.3 is 9.84 Å². The van der Waals surface area contributed by atoms with E-state index in [0.717, 1.165) is 30.8 Å². The van der Waals surface area contributed by atoms with E-state index in [9.17, 15) is 0 Å². The highest BCUT2D eigenvalue weighted by Crippen LogP contribution is 2.13. The molecule has 0 aliphatic carbocycles. The van der Waals surface area contributed by atoms with Gasteiger partial charge in [-0.15, -0.1) is 0 Å². The molecule has 0 amide bonds. The van der Waals surface area contributed by atoms with Gasteiger partial charge in [-0.25, -0.2) is 0 Å². The van der Waals surface area contributed by atoms with Crippen LogP contribution in [-0.4, -0.2) is 42.4 Å². The lowest BCUT2D eigenvalue weighted by atomic mass is 10.2. The molecule has 1 aromatic carbocycles. The Morgan fingerprint density at radius 3 is 2.81 bits per heavy atom. The van der Waals surface area contributed by atoms with Gasteiger partial charge in [0.2, 0.25) is 0 Å². The molecule has 21 heavy (non-hydrogen) atoms. The van der Waals surface area contributed by atoms with Crippen molar-refractivity contribution in [2.24, 2.45) is 0 Å². The lowest BCUT2D eigenvalue weighted by Gasteiger charge is -2.26. The molecule has 0 fully saturated rings. The number of ether oxygens (including phenoxy) is 1. The maximum absolute atomic E-state index is 8.72. The zero-order chi connectivity index (χ0) is 15.5. The second-order valence-corrected chi connectivity index (χ2v) is 5.04. The minimum Gasteiger partial charge on any atom is -0.492 e. The second-order valence-electron chi connectivity index (χ2n) is 5.04. The Kier molecular flexibility index (Phi) is 8.57. The molecule has 0 saturated carbocycles. The van der Waals surface area contributed by atoms with Gasteiger partial charge in [0.05, 0.1) is 6.61 Å². The number of nitrogens with zero attached hydrogens (tertiary/aromatic N) is 1. The van der Waals surface area contributed by atoms with E-state index in [2.05, 4.69) is 37.5 Å². The van der Waals surface area contributed by atoms with E-state index in [1.807, 2.05) is 24.3 Å². The second kappa shape index (κ2) is 10.3. The normalized spacial score (nSPS) is 11.9. The predicted molar refractivity (Wildman–Crippen MR) is 87.5 cm³/mol. The number of rotatable bonds is 8. The summed E-state index contributed by atoms with van der Waals surface area (Å²) in [5, 5.41) is 8.72. The third-order valence-corrected chi connectivity index (χ3v) is 3.57. The third-order valence-electron chi connectivity index (χ3n) is 3.57. The highest BCUT2D eigenvalue weighted by Gasteiger charge is 2.09. The van der Waals surface area contributed by atoms with Crippen LogP contribution in [-0.2, 0) is 0 Å². The van der Waals surface area contributed by atoms with E-state index in [0.29, 0.717) is 19.1 Å². The molecule has 1 N–H and O–H groups in total. The van der Waals surface area contributed by atoms with E-state index in [1.54, 1.807) is 0 Å². The Balaban J connectivity index is 2.49. The van der Waals surface area contributed by atoms with Crippen molar-refractivity contribution < 1.29 is 9.84 Å². The molecular weight excluding hydrogens is 262 g/mol. The fraction of sp³-hybridized carbons (Fsp3) is 0.556. The van der Waals surface area contributed by atoms with Crippen LogP contribution in [0.2, 0.25) is 0 Å². The zero-order valence-electron chi connectivity index (χ0n) is 13.4. The molecule has 0 heterocycles. The Bertz CT molecular complexity index is 462. The number of hydrogen-bond donors (Lipinski definition) is 1. The Morgan fingerprint density at radius 1 is 1.33 bits per heavy atom. The molecule has 1 aromatic rings. The number of benzene rings is 1. The molecule has 1 unspecified atom stereocenters. The predicted octanol–water partition coefficient (Wildman–Crippen LogP) is 2.92. The van der Waals surface area contributed by atoms with Crippen LogP contribution in [0.15, 0.2) is 24.3 Å². The van der Waals surface area contributed by atoms with Crippen LogP contribution < -0.4 is 4.74 Å². The van der Waals surface area contributed by atoms with E-state index in [1.165, 1.54) is 0 Å². The highest BCUT2D eigenvalue weighted by molar-refractivity contribution is 5.39. The maximum Gasteiger partial charge on any atom is 0.120 e. The van der Waals surface area contributed by atoms with Gasteiger partial charge in [-0.05, 0) is 38.1 Å². The van der Waals surface area contributed by atoms with Crippen molar-refractivity contribution in [3.63, 3.8) is 0 Å². The van der Waals surface area contributed by atoms with Crippen LogP contribution in [0.5, 0.6) is 5.75 Å². The molecule has 1 atom stereocenters. The quantitative estimate of drug-likeness (QED) is 0.747. The van der Waals surface area contributed by atoms with Crippen LogP contribution >= 0.6 is 0 Å². The fourth-order valence-electron chi connectivity index (χ4n) is 2.11. The summed E-state index contributed by atoms with van der Waals surface area (Å²) in [5.41, 5.74) is 0.926. The summed E-state index contributed by atoms with van der Waals surface area (Å²) in [5.74, 6) is 6.80. The lowest BCUT2D eigenvalue weighted by molar-refractivity contribution is 0.171. The first-order valence-electron chi connectivity index (χ1n) is 7.77. The van der Waals surface area contributed by atoms with Crippen LogP contribution in [0.4, 0.5) is 0 Å². The summed E-state index contributed by atoms with van der Waals surface area (Å²) in [7, 11) is 0. The van der Waals surface area contributed by atoms with Gasteiger partial charge in [-0.3, -0.25) is 4.90 Å². The standard InChI is InChI=1S/C18H27NO2/c1-4-16(3)19(5-2)12-14-21-18-11-8-10-17(15-18)9-6-7-13-20/h8,10-11,15-16,20H,4-5,7,12-14H2,1-3H3. The third kappa shape index (κ3) is 6.66. The number of hydrogen-bond acceptors (Lipinski definition) is 3. The Morgan fingerprint density at radius 2 is 2.14 bits per heavy atom. The Hall–Kier alpha value is -1.50. The zero-order valence-corrected chi connectivity index (χ0v) is 13.4. The largest absolute Gasteiger partial charge is 0.492 e. The summed E-state index contributed by atoms with van der Waals surface area (Å²) < 4.78 is 5.82. The van der Waals surface area contributed by atoms with Gasteiger partial charge in [-0.2, -0.15) is 0 Å². The van der Waals surface area contributed by atoms with Crippen LogP contribution in [0.3, 0.4) is 0 Å². The van der Waals surface area contributed by atoms with E-state index in [-0.39, 0.29) is 6.61 Å². The fourth-order valence-corrected chi connectivity index (χ4v) is 2.11. The van der Waals surface area contributed by atoms with Crippen LogP contribution in [0.25, 0.3) is 0 Å². The summed E-state index contributed by atoms with van der Waals surface area (Å²) >= 11 is 0. The molecule has 1 rings (SSSR count). The average Bonchev–Trinajstić information content (AvgIpc) is 2.51. The molecule has 116 valence electrons. The molecule has 0 aromatic heterocycles. The van der Waals surface area contributed by atoms with Gasteiger partial charge in [-0.1, -0.05) is 31.8 Å².